The maximum atomic E-state index is 11.7. The van der Waals surface area contributed by atoms with Crippen LogP contribution >= 0.6 is 0 Å². The number of carbonyl (C=O) groups is 2. The summed E-state index contributed by atoms with van der Waals surface area (Å²) in [6.45, 7) is 1.88. The first-order valence-corrected chi connectivity index (χ1v) is 5.10. The Morgan fingerprint density at radius 2 is 2.35 bits per heavy atom. The standard InChI is InChI=1S/C11H11N3O3/c1-7-2-3-12-9(4-7)14-10(15)5-8(13-14)6-11(16)17/h2-4H,5-6H2,1H3,(H,16,17). The summed E-state index contributed by atoms with van der Waals surface area (Å²) in [6.07, 6.45) is 1.42. The zero-order valence-electron chi connectivity index (χ0n) is 9.25. The molecule has 1 aliphatic rings. The van der Waals surface area contributed by atoms with E-state index < -0.39 is 5.97 Å². The molecule has 0 fully saturated rings. The van der Waals surface area contributed by atoms with Crippen molar-refractivity contribution in [2.75, 3.05) is 5.01 Å². The first-order valence-electron chi connectivity index (χ1n) is 5.10. The van der Waals surface area contributed by atoms with Crippen molar-refractivity contribution in [3.05, 3.63) is 23.9 Å². The topological polar surface area (TPSA) is 82.9 Å². The Morgan fingerprint density at radius 3 is 3.00 bits per heavy atom. The third-order valence-electron chi connectivity index (χ3n) is 2.31. The van der Waals surface area contributed by atoms with Gasteiger partial charge in [-0.25, -0.2) is 4.98 Å². The van der Waals surface area contributed by atoms with E-state index in [1.807, 2.05) is 13.0 Å². The van der Waals surface area contributed by atoms with Gasteiger partial charge in [0.2, 0.25) is 0 Å². The van der Waals surface area contributed by atoms with E-state index in [9.17, 15) is 9.59 Å². The molecule has 1 amide bonds. The molecular formula is C11H11N3O3. The number of pyridine rings is 1. The molecule has 0 saturated heterocycles. The molecule has 0 spiro atoms. The minimum absolute atomic E-state index is 0.0436. The molecular weight excluding hydrogens is 222 g/mol. The molecule has 0 bridgehead atoms. The predicted octanol–water partition coefficient (Wildman–Crippen LogP) is 0.957. The van der Waals surface area contributed by atoms with Gasteiger partial charge in [0.1, 0.15) is 0 Å². The monoisotopic (exact) mass is 233 g/mol. The molecule has 6 heteroatoms. The van der Waals surface area contributed by atoms with E-state index in [1.54, 1.807) is 12.3 Å². The summed E-state index contributed by atoms with van der Waals surface area (Å²) in [5, 5.41) is 13.8. The Bertz CT molecular complexity index is 510. The second kappa shape index (κ2) is 4.32. The number of rotatable bonds is 3. The van der Waals surface area contributed by atoms with Crippen molar-refractivity contribution in [3.63, 3.8) is 0 Å². The van der Waals surface area contributed by atoms with E-state index in [0.717, 1.165) is 10.6 Å². The van der Waals surface area contributed by atoms with Crippen LogP contribution in [0.15, 0.2) is 23.4 Å². The van der Waals surface area contributed by atoms with Gasteiger partial charge in [0.25, 0.3) is 5.91 Å². The Kier molecular flexibility index (Phi) is 2.86. The lowest BCUT2D eigenvalue weighted by molar-refractivity contribution is -0.135. The number of aryl methyl sites for hydroxylation is 1. The van der Waals surface area contributed by atoms with Crippen molar-refractivity contribution in [2.45, 2.75) is 19.8 Å². The van der Waals surface area contributed by atoms with E-state index >= 15 is 0 Å². The molecule has 0 aliphatic carbocycles. The van der Waals surface area contributed by atoms with Gasteiger partial charge in [-0.05, 0) is 24.6 Å². The molecule has 2 rings (SSSR count). The van der Waals surface area contributed by atoms with Crippen LogP contribution in [-0.2, 0) is 9.59 Å². The van der Waals surface area contributed by atoms with Crippen LogP contribution in [-0.4, -0.2) is 27.7 Å². The first kappa shape index (κ1) is 11.3. The molecule has 1 N–H and O–H groups in total. The fourth-order valence-corrected chi connectivity index (χ4v) is 1.57. The SMILES string of the molecule is Cc1ccnc(N2N=C(CC(=O)O)CC2=O)c1. The summed E-state index contributed by atoms with van der Waals surface area (Å²) in [6, 6.07) is 3.54. The molecule has 0 radical (unpaired) electrons. The third kappa shape index (κ3) is 2.47. The number of hydrogen-bond donors (Lipinski definition) is 1. The molecule has 0 unspecified atom stereocenters. The van der Waals surface area contributed by atoms with Crippen molar-refractivity contribution in [1.29, 1.82) is 0 Å². The summed E-state index contributed by atoms with van der Waals surface area (Å²) < 4.78 is 0. The number of hydrogen-bond acceptors (Lipinski definition) is 4. The number of carboxylic acid groups (broad SMARTS) is 1. The fourth-order valence-electron chi connectivity index (χ4n) is 1.57. The number of aliphatic carboxylic acids is 1. The Balaban J connectivity index is 2.24. The molecule has 2 heterocycles. The van der Waals surface area contributed by atoms with E-state index in [-0.39, 0.29) is 18.7 Å². The van der Waals surface area contributed by atoms with Crippen molar-refractivity contribution in [1.82, 2.24) is 4.98 Å². The molecule has 0 aromatic carbocycles. The van der Waals surface area contributed by atoms with Crippen LogP contribution in [0, 0.1) is 6.92 Å². The lowest BCUT2D eigenvalue weighted by Gasteiger charge is -2.10. The normalized spacial score (nSPS) is 15.0. The van der Waals surface area contributed by atoms with E-state index in [4.69, 9.17) is 5.11 Å². The Labute approximate surface area is 97.6 Å². The number of carboxylic acids is 1. The zero-order chi connectivity index (χ0) is 12.4. The second-order valence-electron chi connectivity index (χ2n) is 3.81. The molecule has 88 valence electrons. The van der Waals surface area contributed by atoms with Crippen LogP contribution in [0.1, 0.15) is 18.4 Å². The Morgan fingerprint density at radius 1 is 1.59 bits per heavy atom. The number of anilines is 1. The number of carbonyl (C=O) groups excluding carboxylic acids is 1. The number of aromatic nitrogens is 1. The highest BCUT2D eigenvalue weighted by atomic mass is 16.4. The molecule has 1 aromatic heterocycles. The summed E-state index contributed by atoms with van der Waals surface area (Å²) in [4.78, 5) is 26.2. The molecule has 0 atom stereocenters. The molecule has 6 nitrogen and oxygen atoms in total. The van der Waals surface area contributed by atoms with Crippen LogP contribution in [0.3, 0.4) is 0 Å². The highest BCUT2D eigenvalue weighted by Crippen LogP contribution is 2.19. The molecule has 17 heavy (non-hydrogen) atoms. The van der Waals surface area contributed by atoms with E-state index in [2.05, 4.69) is 10.1 Å². The van der Waals surface area contributed by atoms with E-state index in [0.29, 0.717) is 11.5 Å². The zero-order valence-corrected chi connectivity index (χ0v) is 9.25. The van der Waals surface area contributed by atoms with Crippen LogP contribution in [0.25, 0.3) is 0 Å². The third-order valence-corrected chi connectivity index (χ3v) is 2.31. The summed E-state index contributed by atoms with van der Waals surface area (Å²) in [5.74, 6) is -0.814. The molecule has 1 aromatic rings. The van der Waals surface area contributed by atoms with Gasteiger partial charge in [-0.3, -0.25) is 9.59 Å². The summed E-state index contributed by atoms with van der Waals surface area (Å²) >= 11 is 0. The van der Waals surface area contributed by atoms with Crippen LogP contribution in [0.5, 0.6) is 0 Å². The molecule has 0 saturated carbocycles. The van der Waals surface area contributed by atoms with Gasteiger partial charge < -0.3 is 5.11 Å². The highest BCUT2D eigenvalue weighted by Gasteiger charge is 2.27. The van der Waals surface area contributed by atoms with Crippen molar-refractivity contribution in [3.8, 4) is 0 Å². The lowest BCUT2D eigenvalue weighted by Crippen LogP contribution is -2.20. The minimum Gasteiger partial charge on any atom is -0.481 e. The van der Waals surface area contributed by atoms with Crippen molar-refractivity contribution in [2.24, 2.45) is 5.10 Å². The fraction of sp³-hybridized carbons (Fsp3) is 0.273. The maximum Gasteiger partial charge on any atom is 0.309 e. The molecule has 1 aliphatic heterocycles. The van der Waals surface area contributed by atoms with Gasteiger partial charge in [-0.1, -0.05) is 0 Å². The van der Waals surface area contributed by atoms with Gasteiger partial charge >= 0.3 is 5.97 Å². The predicted molar refractivity (Wildman–Crippen MR) is 60.8 cm³/mol. The second-order valence-corrected chi connectivity index (χ2v) is 3.81. The highest BCUT2D eigenvalue weighted by molar-refractivity contribution is 6.16. The smallest absolute Gasteiger partial charge is 0.309 e. The van der Waals surface area contributed by atoms with Crippen molar-refractivity contribution < 1.29 is 14.7 Å². The number of nitrogens with zero attached hydrogens (tertiary/aromatic N) is 3. The van der Waals surface area contributed by atoms with Gasteiger partial charge in [0.15, 0.2) is 5.82 Å². The first-order chi connectivity index (χ1) is 8.06. The number of hydrazone groups is 1. The maximum absolute atomic E-state index is 11.7. The van der Waals surface area contributed by atoms with Gasteiger partial charge in [0, 0.05) is 6.20 Å². The lowest BCUT2D eigenvalue weighted by atomic mass is 10.2. The van der Waals surface area contributed by atoms with Crippen LogP contribution in [0.4, 0.5) is 5.82 Å². The average molecular weight is 233 g/mol. The quantitative estimate of drug-likeness (QED) is 0.842. The van der Waals surface area contributed by atoms with Crippen LogP contribution < -0.4 is 5.01 Å². The van der Waals surface area contributed by atoms with Crippen LogP contribution in [0.2, 0.25) is 0 Å². The summed E-state index contributed by atoms with van der Waals surface area (Å²) in [5.41, 5.74) is 1.32. The average Bonchev–Trinajstić information content (AvgIpc) is 2.58. The van der Waals surface area contributed by atoms with Gasteiger partial charge in [-0.2, -0.15) is 10.1 Å². The minimum atomic E-state index is -0.990. The van der Waals surface area contributed by atoms with Gasteiger partial charge in [-0.15, -0.1) is 0 Å². The van der Waals surface area contributed by atoms with Crippen molar-refractivity contribution >= 4 is 23.4 Å². The Hall–Kier alpha value is -2.24. The summed E-state index contributed by atoms with van der Waals surface area (Å²) in [7, 11) is 0. The largest absolute Gasteiger partial charge is 0.481 e. The number of amides is 1. The van der Waals surface area contributed by atoms with Gasteiger partial charge in [0.05, 0.1) is 18.6 Å². The van der Waals surface area contributed by atoms with E-state index in [1.165, 1.54) is 0 Å².